The highest BCUT2D eigenvalue weighted by atomic mass is 31.2. The third-order valence-corrected chi connectivity index (χ3v) is 29.4. The lowest BCUT2D eigenvalue weighted by Crippen LogP contribution is -2.31. The predicted molar refractivity (Wildman–Crippen MR) is 508 cm³/mol. The predicted octanol–water partition coefficient (Wildman–Crippen LogP) is 5.12. The van der Waals surface area contributed by atoms with Crippen LogP contribution in [-0.2, 0) is 23.7 Å². The molecule has 10 aromatic rings. The molecule has 16 N–H and O–H groups in total. The van der Waals surface area contributed by atoms with Gasteiger partial charge in [0.1, 0.15) is 103 Å². The van der Waals surface area contributed by atoms with Gasteiger partial charge in [-0.05, 0) is 156 Å². The monoisotopic (exact) mass is 1850 g/mol. The first-order chi connectivity index (χ1) is 59.4. The number of hydrogen-bond donors (Lipinski definition) is 15. The zero-order valence-corrected chi connectivity index (χ0v) is 79.3. The molecule has 0 aromatic carbocycles. The van der Waals surface area contributed by atoms with Crippen molar-refractivity contribution in [2.45, 2.75) is 202 Å². The molecule has 0 radical (unpaired) electrons. The highest BCUT2D eigenvalue weighted by Gasteiger charge is 2.49. The van der Waals surface area contributed by atoms with E-state index < -0.39 is 157 Å². The number of unbranched alkanes of at least 4 members (excludes halogenated alkanes) is 1. The summed E-state index contributed by atoms with van der Waals surface area (Å²) in [6.07, 6.45) is 29.7. The Morgan fingerprint density at radius 1 is 0.341 bits per heavy atom. The smallest absolute Gasteiger partial charge is 0.167 e. The molecule has 0 amide bonds. The highest BCUT2D eigenvalue weighted by Crippen LogP contribution is 2.46. The zero-order chi connectivity index (χ0) is 91.8. The molecule has 0 aliphatic carbocycles. The Morgan fingerprint density at radius 2 is 0.603 bits per heavy atom. The maximum atomic E-state index is 10.5. The quantitative estimate of drug-likeness (QED) is 0.0205. The average molecular weight is 1850 g/mol. The molecule has 5 unspecified atom stereocenters. The fourth-order valence-electron chi connectivity index (χ4n) is 15.1. The van der Waals surface area contributed by atoms with Gasteiger partial charge in [0.25, 0.3) is 0 Å². The number of anilines is 5. The topological polar surface area (TPSA) is 541 Å². The molecule has 5 saturated heterocycles. The van der Waals surface area contributed by atoms with E-state index in [1.54, 1.807) is 62.1 Å². The van der Waals surface area contributed by atoms with Crippen molar-refractivity contribution in [2.24, 2.45) is 0 Å². The fourth-order valence-corrected chi connectivity index (χ4v) is 19.9. The third-order valence-electron chi connectivity index (χ3n) is 22.1. The summed E-state index contributed by atoms with van der Waals surface area (Å²) >= 11 is 0. The molecule has 0 spiro atoms. The van der Waals surface area contributed by atoms with E-state index in [1.807, 2.05) is 6.92 Å². The van der Waals surface area contributed by atoms with Crippen LogP contribution in [0.15, 0.2) is 56.9 Å². The van der Waals surface area contributed by atoms with Gasteiger partial charge in [-0.2, -0.15) is 0 Å². The van der Waals surface area contributed by atoms with Crippen molar-refractivity contribution in [2.75, 3.05) is 151 Å². The number of hydrogen-bond acceptors (Lipinski definition) is 35. The van der Waals surface area contributed by atoms with Gasteiger partial charge in [-0.3, -0.25) is 22.8 Å². The summed E-state index contributed by atoms with van der Waals surface area (Å²) in [6.45, 7) is 25.5. The Morgan fingerprint density at radius 3 is 0.873 bits per heavy atom. The van der Waals surface area contributed by atoms with Crippen LogP contribution < -0.4 is 27.0 Å². The molecule has 15 heterocycles. The molecule has 15 rings (SSSR count). The van der Waals surface area contributed by atoms with Crippen molar-refractivity contribution in [3.8, 4) is 0 Å². The van der Waals surface area contributed by atoms with Gasteiger partial charge in [0.15, 0.2) is 105 Å². The number of imidazole rings is 5. The van der Waals surface area contributed by atoms with Crippen molar-refractivity contribution < 1.29 is 74.7 Å². The number of aliphatic hydroxyl groups is 10. The van der Waals surface area contributed by atoms with Crippen molar-refractivity contribution in [1.82, 2.24) is 97.6 Å². The number of rotatable bonds is 30. The molecule has 0 saturated carbocycles. The van der Waals surface area contributed by atoms with E-state index in [0.717, 1.165) is 63.2 Å². The second-order valence-corrected chi connectivity index (χ2v) is 57.7. The standard InChI is InChI=1S/C18H30N5O3P.C17H28N5O3P.C16H26N5O3P.2C15H24N5O3P/c1-5-6-8-19-16-13-17(21-10-20-16)23(11-22-13)18-15(25)14(24)12(26-18)7-9-27(2,3)4;1-5-7-18-15-12-16(20-9-19-15)22(10-21-12)17-14(24)13(23)11(25-17)6-8-26(2,3)4;1-5-17-14-11-15(19-8-18-14)21(9-20-11)16-13(23)12(22)10(24-16)6-7-25(2,3)4;1-16-13-10-14(18-7-17-13)20(8-19-10)15-12(22)11(21)9(23-15)5-6-24(2,3)4;1-8-18-13(16)10-14(19-8)20(7-17-10)15-12(22)11(21)9(23-15)5-6-24(2,3)4/h10-12,14-15,18,24-25H,2,5-9H2,1,3-4H3,(H,19,20,21);9-11,13-14,17,23-24H,2,5-8H2,1,3-4H3,(H,18,19,20);8-10,12-13,16,22-23H,2,5-7H2,1,3-4H3,(H,17,18,19);7-9,11-12,15,21-22H,2,5-6H2,1,3-4H3,(H,16,17,18);7,9,11-12,15,21-22H,2,5-6H2,1,3-4H3,(H2,16,18,19)/t12-,14-,15-,18?;11-,13-,14-,17?;10-,12-,13-,16?;2*9-,11-,12-,15?/m11111/s1. The first kappa shape index (κ1) is 99.2. The molecule has 20 atom stereocenters. The van der Waals surface area contributed by atoms with E-state index in [-0.39, 0.29) is 5.82 Å². The summed E-state index contributed by atoms with van der Waals surface area (Å²) in [5, 5.41) is 117. The lowest BCUT2D eigenvalue weighted by molar-refractivity contribution is -0.0353. The van der Waals surface area contributed by atoms with Crippen LogP contribution in [0, 0.1) is 6.92 Å². The first-order valence-electron chi connectivity index (χ1n) is 42.4. The van der Waals surface area contributed by atoms with Crippen LogP contribution in [-0.4, -0.2) is 396 Å². The van der Waals surface area contributed by atoms with Crippen LogP contribution in [0.25, 0.3) is 55.8 Å². The van der Waals surface area contributed by atoms with Gasteiger partial charge in [0.05, 0.1) is 62.2 Å². The van der Waals surface area contributed by atoms with Crippen molar-refractivity contribution in [1.29, 1.82) is 0 Å². The van der Waals surface area contributed by atoms with Gasteiger partial charge < -0.3 is 102 Å². The molecular weight excluding hydrogens is 1720 g/mol. The van der Waals surface area contributed by atoms with Gasteiger partial charge >= 0.3 is 0 Å². The number of nitrogens with two attached hydrogens (primary N) is 1. The lowest BCUT2D eigenvalue weighted by atomic mass is 10.1. The van der Waals surface area contributed by atoms with Crippen molar-refractivity contribution in [3.05, 3.63) is 62.8 Å². The summed E-state index contributed by atoms with van der Waals surface area (Å²) in [5.74, 6) is 3.36. The van der Waals surface area contributed by atoms with E-state index in [2.05, 4.69) is 208 Å². The molecule has 696 valence electrons. The number of aliphatic hydroxyl groups excluding tert-OH is 10. The summed E-state index contributed by atoms with van der Waals surface area (Å²) in [6, 6.07) is 0. The Bertz CT molecular complexity index is 5540. The minimum Gasteiger partial charge on any atom is -0.388 e. The Labute approximate surface area is 735 Å². The maximum Gasteiger partial charge on any atom is 0.167 e. The van der Waals surface area contributed by atoms with E-state index in [0.29, 0.717) is 124 Å². The minimum absolute atomic E-state index is 0.282. The first-order valence-corrected chi connectivity index (χ1v) is 57.7. The van der Waals surface area contributed by atoms with Gasteiger partial charge in [-0.15, -0.1) is 65.9 Å². The highest BCUT2D eigenvalue weighted by molar-refractivity contribution is 7.73. The van der Waals surface area contributed by atoms with Crippen LogP contribution in [0.2, 0.25) is 0 Å². The maximum absolute atomic E-state index is 10.5. The number of nitrogens with zero attached hydrogens (tertiary/aromatic N) is 20. The SMILES string of the molecule is C=P(C)(C)CC[C@H]1OC(n2cnc3c(N)nc(C)nc32)[C@H](O)[C@@H]1O.C=P(C)(C)CC[C@H]1OC(n2cnc3c(NC)ncnc32)[C@H](O)[C@@H]1O.C=P(C)(C)CC[C@H]1OC(n2cnc3c(NCC)ncnc32)[C@H](O)[C@@H]1O.C=P(C)(C)CC[C@H]1OC(n2cnc3c(NCCC)ncnc32)[C@H](O)[C@@H]1O.C=P(C)(C)CC[C@H]1OC(n2cnc3c(NCCCC)ncnc32)[C@H](O)[C@@H]1O. The summed E-state index contributed by atoms with van der Waals surface area (Å²) in [4.78, 5) is 64.0. The summed E-state index contributed by atoms with van der Waals surface area (Å²) < 4.78 is 38.1. The number of aromatic nitrogens is 20. The van der Waals surface area contributed by atoms with E-state index in [1.165, 1.54) is 31.6 Å². The van der Waals surface area contributed by atoms with Crippen LogP contribution in [0.5, 0.6) is 0 Å². The van der Waals surface area contributed by atoms with E-state index in [9.17, 15) is 51.1 Å². The minimum atomic E-state index is -1.23. The Balaban J connectivity index is 0.000000153. The number of aryl methyl sites for hydroxylation is 1. The van der Waals surface area contributed by atoms with Gasteiger partial charge in [0, 0.05) is 26.7 Å². The molecule has 126 heavy (non-hydrogen) atoms. The number of fused-ring (bicyclic) bond motifs is 5. The Hall–Kier alpha value is -7.35. The molecule has 0 bridgehead atoms. The van der Waals surface area contributed by atoms with Crippen LogP contribution in [0.3, 0.4) is 0 Å². The van der Waals surface area contributed by atoms with Crippen LogP contribution in [0.4, 0.5) is 29.1 Å². The van der Waals surface area contributed by atoms with E-state index >= 15 is 0 Å². The average Bonchev–Trinajstić information content (AvgIpc) is 1.71. The fraction of sp³-hybridized carbons (Fsp3) is 0.630. The second kappa shape index (κ2) is 42.3. The lowest BCUT2D eigenvalue weighted by Gasteiger charge is -2.18. The van der Waals surface area contributed by atoms with E-state index in [4.69, 9.17) is 29.4 Å². The van der Waals surface area contributed by atoms with Gasteiger partial charge in [-0.1, -0.05) is 20.3 Å². The summed E-state index contributed by atoms with van der Waals surface area (Å²) in [5.41, 5.74) is 11.5. The number of ether oxygens (including phenoxy) is 5. The molecule has 5 aliphatic rings. The van der Waals surface area contributed by atoms with Crippen molar-refractivity contribution in [3.63, 3.8) is 0 Å². The van der Waals surface area contributed by atoms with Crippen LogP contribution >= 0.6 is 34.4 Å². The van der Waals surface area contributed by atoms with Crippen molar-refractivity contribution >= 4 is 151 Å². The molecule has 5 fully saturated rings. The number of nitrogens with one attached hydrogen (secondary N) is 4. The number of nitrogen functional groups attached to an aromatic ring is 1. The second-order valence-electron chi connectivity index (χ2n) is 36.1. The molecular formula is C81H132N25O15P5. The zero-order valence-electron chi connectivity index (χ0n) is 74.9. The molecule has 45 heteroatoms. The summed E-state index contributed by atoms with van der Waals surface area (Å²) in [7, 11) is 1.76. The van der Waals surface area contributed by atoms with Gasteiger partial charge in [0.2, 0.25) is 0 Å². The normalized spacial score (nSPS) is 27.0. The van der Waals surface area contributed by atoms with Gasteiger partial charge in [-0.25, -0.2) is 74.8 Å². The largest absolute Gasteiger partial charge is 0.388 e. The Kier molecular flexibility index (Phi) is 33.3. The molecule has 5 aliphatic heterocycles. The third kappa shape index (κ3) is 24.2. The molecule has 10 aromatic heterocycles. The van der Waals surface area contributed by atoms with Crippen LogP contribution in [0.1, 0.15) is 109 Å². The molecule has 40 nitrogen and oxygen atoms in total.